The Morgan fingerprint density at radius 3 is 1.49 bits per heavy atom. The highest BCUT2D eigenvalue weighted by atomic mass is 32.1. The molecule has 10 amide bonds. The number of carboxylic acid groups (broad SMARTS) is 1. The maximum absolute atomic E-state index is 14.1. The molecule has 1 aliphatic rings. The summed E-state index contributed by atoms with van der Waals surface area (Å²) in [7, 11) is 0. The monoisotopic (exact) mass is 1130 g/mol. The average molecular weight is 1130 g/mol. The highest BCUT2D eigenvalue weighted by Gasteiger charge is 2.37. The predicted octanol–water partition coefficient (Wildman–Crippen LogP) is -4.59. The molecule has 0 spiro atoms. The zero-order chi connectivity index (χ0) is 59.3. The minimum Gasteiger partial charge on any atom is -0.481 e. The van der Waals surface area contributed by atoms with E-state index in [-0.39, 0.29) is 63.0 Å². The number of hydrogen-bond donors (Lipinski definition) is 17. The van der Waals surface area contributed by atoms with Gasteiger partial charge in [0.25, 0.3) is 0 Å². The minimum atomic E-state index is -1.84. The van der Waals surface area contributed by atoms with Crippen molar-refractivity contribution in [3.8, 4) is 0 Å². The number of guanidine groups is 2. The lowest BCUT2D eigenvalue weighted by Gasteiger charge is -2.30. The fraction of sp³-hybridized carbons (Fsp3) is 0.729. The van der Waals surface area contributed by atoms with E-state index >= 15 is 0 Å². The fourth-order valence-electron chi connectivity index (χ4n) is 8.01. The number of aliphatic carboxylic acids is 1. The van der Waals surface area contributed by atoms with E-state index < -0.39 is 150 Å². The molecule has 0 saturated heterocycles. The number of nitrogens with zero attached hydrogens (tertiary/aromatic N) is 2. The van der Waals surface area contributed by atoms with E-state index in [1.165, 1.54) is 0 Å². The summed E-state index contributed by atoms with van der Waals surface area (Å²) in [6, 6.07) is -9.39. The van der Waals surface area contributed by atoms with Crippen LogP contribution in [0.5, 0.6) is 0 Å². The second-order valence-corrected chi connectivity index (χ2v) is 21.2. The topological polar surface area (TPSA) is 497 Å². The quantitative estimate of drug-likeness (QED) is 0.0122. The summed E-state index contributed by atoms with van der Waals surface area (Å²) in [6.07, 6.45) is 4.72. The largest absolute Gasteiger partial charge is 0.481 e. The van der Waals surface area contributed by atoms with E-state index in [2.05, 4.69) is 70.5 Å². The van der Waals surface area contributed by atoms with Crippen LogP contribution in [-0.4, -0.2) is 162 Å². The summed E-state index contributed by atoms with van der Waals surface area (Å²) < 4.78 is -0.896. The van der Waals surface area contributed by atoms with Crippen LogP contribution in [0.3, 0.4) is 0 Å². The Balaban J connectivity index is 3.32. The molecule has 0 aromatic carbocycles. The number of nitrogens with two attached hydrogens (primary N) is 6. The van der Waals surface area contributed by atoms with Gasteiger partial charge in [0.05, 0.1) is 32.1 Å². The molecule has 29 nitrogen and oxygen atoms in total. The van der Waals surface area contributed by atoms with Crippen molar-refractivity contribution in [2.24, 2.45) is 62.1 Å². The number of primary amides is 1. The van der Waals surface area contributed by atoms with Crippen LogP contribution in [0.2, 0.25) is 0 Å². The van der Waals surface area contributed by atoms with Gasteiger partial charge < -0.3 is 87.4 Å². The van der Waals surface area contributed by atoms with Gasteiger partial charge >= 0.3 is 5.97 Å². The third-order valence-corrected chi connectivity index (χ3v) is 13.3. The normalized spacial score (nSPS) is 15.9. The standard InChI is InChI=1S/C48H87N17O12S/c1-7-25(3)36(43(75)58-22-32(49)66)64-41(73)29(17-13-19-56-47(53)54)61-42(74)31(21-35(69)70)62-44(76)37(26(4)8-2)65-40(72)28(16-12-18-55-46(51)52)60-34(68)24-57-33(67)23-59-39(71)30(20-27-14-10-9-11-15-27)63-45(77)38(50)48(5,6)78/h25-31,36-38,78H,7-24,50H2,1-6H3,(H2,49,66)(H,57,67)(H,58,75)(H,59,71)(H,60,68)(H,61,74)(H,62,76)(H,63,77)(H,64,73)(H,65,72)(H,69,70)(H4,51,52,55)(H4,53,54,56)/t25-,26-,28-,29-,30-,31-,36-,37-,38+/m0/s1. The number of carbonyl (C=O) groups excluding carboxylic acids is 10. The van der Waals surface area contributed by atoms with E-state index in [0.29, 0.717) is 12.8 Å². The molecule has 30 heteroatoms. The molecule has 1 rings (SSSR count). The van der Waals surface area contributed by atoms with Gasteiger partial charge in [-0.15, -0.1) is 0 Å². The van der Waals surface area contributed by atoms with Gasteiger partial charge in [0.2, 0.25) is 59.1 Å². The molecule has 0 aliphatic heterocycles. The van der Waals surface area contributed by atoms with Crippen molar-refractivity contribution in [2.75, 3.05) is 32.7 Å². The first-order valence-corrected chi connectivity index (χ1v) is 26.7. The molecule has 0 aromatic rings. The summed E-state index contributed by atoms with van der Waals surface area (Å²) in [5, 5.41) is 32.3. The number of nitrogens with one attached hydrogen (secondary N) is 9. The maximum Gasteiger partial charge on any atom is 0.305 e. The molecule has 0 radical (unpaired) electrons. The minimum absolute atomic E-state index is 0.00217. The summed E-state index contributed by atoms with van der Waals surface area (Å²) >= 11 is 4.39. The summed E-state index contributed by atoms with van der Waals surface area (Å²) in [5.41, 5.74) is 33.1. The Labute approximate surface area is 460 Å². The lowest BCUT2D eigenvalue weighted by atomic mass is 9.84. The summed E-state index contributed by atoms with van der Waals surface area (Å²) in [5.74, 6) is -11.4. The summed E-state index contributed by atoms with van der Waals surface area (Å²) in [6.45, 7) is 8.26. The van der Waals surface area contributed by atoms with Gasteiger partial charge in [-0.25, -0.2) is 0 Å². The number of rotatable bonds is 36. The lowest BCUT2D eigenvalue weighted by Crippen LogP contribution is -2.61. The van der Waals surface area contributed by atoms with E-state index in [4.69, 9.17) is 34.4 Å². The van der Waals surface area contributed by atoms with Crippen LogP contribution in [0.25, 0.3) is 0 Å². The number of carbonyl (C=O) groups is 11. The molecule has 9 atom stereocenters. The van der Waals surface area contributed by atoms with Gasteiger partial charge in [-0.2, -0.15) is 12.6 Å². The first-order valence-electron chi connectivity index (χ1n) is 26.2. The third-order valence-electron chi connectivity index (χ3n) is 13.0. The van der Waals surface area contributed by atoms with Crippen molar-refractivity contribution < 1.29 is 57.8 Å². The lowest BCUT2D eigenvalue weighted by molar-refractivity contribution is -0.142. The number of carboxylic acids is 1. The second-order valence-electron chi connectivity index (χ2n) is 20.1. The smallest absolute Gasteiger partial charge is 0.305 e. The van der Waals surface area contributed by atoms with Crippen molar-refractivity contribution in [3.05, 3.63) is 0 Å². The van der Waals surface area contributed by atoms with Crippen LogP contribution in [0.15, 0.2) is 9.98 Å². The number of thiol groups is 1. The van der Waals surface area contributed by atoms with Crippen LogP contribution in [-0.2, 0) is 52.7 Å². The molecule has 0 bridgehead atoms. The van der Waals surface area contributed by atoms with Crippen molar-refractivity contribution in [1.29, 1.82) is 0 Å². The molecule has 78 heavy (non-hydrogen) atoms. The Bertz CT molecular complexity index is 2110. The molecule has 0 aromatic heterocycles. The van der Waals surface area contributed by atoms with Gasteiger partial charge in [-0.3, -0.25) is 62.7 Å². The zero-order valence-electron chi connectivity index (χ0n) is 45.7. The Kier molecular flexibility index (Phi) is 31.4. The van der Waals surface area contributed by atoms with Crippen LogP contribution < -0.4 is 82.3 Å². The van der Waals surface area contributed by atoms with Crippen LogP contribution in [0.1, 0.15) is 125 Å². The molecular formula is C48H87N17O12S. The maximum atomic E-state index is 14.1. The zero-order valence-corrected chi connectivity index (χ0v) is 46.6. The van der Waals surface area contributed by atoms with Crippen molar-refractivity contribution >= 4 is 89.6 Å². The number of aliphatic imine (C=N–C) groups is 2. The Morgan fingerprint density at radius 1 is 0.564 bits per heavy atom. The first kappa shape index (κ1) is 69.0. The molecule has 0 unspecified atom stereocenters. The van der Waals surface area contributed by atoms with E-state index in [0.717, 1.165) is 32.1 Å². The molecule has 442 valence electrons. The third kappa shape index (κ3) is 27.4. The van der Waals surface area contributed by atoms with Gasteiger partial charge in [0.1, 0.15) is 36.3 Å². The number of amides is 10. The molecule has 1 aliphatic carbocycles. The second kappa shape index (κ2) is 35.4. The van der Waals surface area contributed by atoms with Gasteiger partial charge in [0.15, 0.2) is 11.9 Å². The van der Waals surface area contributed by atoms with E-state index in [9.17, 15) is 57.8 Å². The highest BCUT2D eigenvalue weighted by molar-refractivity contribution is 7.81. The Hall–Kier alpha value is -6.98. The summed E-state index contributed by atoms with van der Waals surface area (Å²) in [4.78, 5) is 153. The van der Waals surface area contributed by atoms with Crippen molar-refractivity contribution in [2.45, 2.75) is 172 Å². The highest BCUT2D eigenvalue weighted by Crippen LogP contribution is 2.28. The molecule has 1 fully saturated rings. The molecule has 22 N–H and O–H groups in total. The molecular weight excluding hydrogens is 1040 g/mol. The van der Waals surface area contributed by atoms with Crippen LogP contribution >= 0.6 is 12.6 Å². The Morgan fingerprint density at radius 2 is 1.01 bits per heavy atom. The van der Waals surface area contributed by atoms with Crippen LogP contribution in [0, 0.1) is 17.8 Å². The van der Waals surface area contributed by atoms with Gasteiger partial charge in [-0.05, 0) is 63.7 Å². The number of hydrogen-bond acceptors (Lipinski definition) is 15. The fourth-order valence-corrected chi connectivity index (χ4v) is 8.12. The van der Waals surface area contributed by atoms with Gasteiger partial charge in [-0.1, -0.05) is 72.6 Å². The first-order chi connectivity index (χ1) is 36.5. The van der Waals surface area contributed by atoms with E-state index in [1.54, 1.807) is 41.5 Å². The SMILES string of the molecule is CC[C@H](C)[C@H](NC(=O)[C@H](CCCN=C(N)N)NC(=O)[C@H](CC(=O)O)NC(=O)[C@@H](NC(=O)[C@H](CCCN=C(N)N)NC(=O)CNC(=O)CNC(=O)[C@H](CC1CCCCC1)NC(=O)[C@@H](N)C(C)(C)S)[C@@H](C)CC)C(=O)NCC(N)=O. The van der Waals surface area contributed by atoms with E-state index in [1.807, 2.05) is 0 Å². The molecule has 1 saturated carbocycles. The molecule has 0 heterocycles. The average Bonchev–Trinajstić information content (AvgIpc) is 3.37. The van der Waals surface area contributed by atoms with Crippen molar-refractivity contribution in [3.63, 3.8) is 0 Å². The predicted molar refractivity (Wildman–Crippen MR) is 293 cm³/mol. The van der Waals surface area contributed by atoms with Crippen LogP contribution in [0.4, 0.5) is 0 Å². The van der Waals surface area contributed by atoms with Crippen molar-refractivity contribution in [1.82, 2.24) is 47.9 Å². The van der Waals surface area contributed by atoms with Gasteiger partial charge in [0, 0.05) is 17.8 Å².